The van der Waals surface area contributed by atoms with Crippen LogP contribution in [0.2, 0.25) is 0 Å². The third-order valence-electron chi connectivity index (χ3n) is 2.65. The van der Waals surface area contributed by atoms with E-state index in [1.165, 1.54) is 0 Å². The maximum Gasteiger partial charge on any atom is 0.417 e. The van der Waals surface area contributed by atoms with Crippen LogP contribution in [0.3, 0.4) is 0 Å². The second-order valence-corrected chi connectivity index (χ2v) is 5.69. The van der Waals surface area contributed by atoms with E-state index in [2.05, 4.69) is 4.98 Å². The summed E-state index contributed by atoms with van der Waals surface area (Å²) in [7, 11) is 0. The lowest BCUT2D eigenvalue weighted by Crippen LogP contribution is -2.38. The van der Waals surface area contributed by atoms with Gasteiger partial charge in [-0.15, -0.1) is 0 Å². The summed E-state index contributed by atoms with van der Waals surface area (Å²) in [6.07, 6.45) is 0.331. The molecule has 6 heteroatoms. The second kappa shape index (κ2) is 5.13. The molecule has 0 aliphatic rings. The minimum atomic E-state index is -0.745. The molecule has 0 unspecified atom stereocenters. The van der Waals surface area contributed by atoms with Gasteiger partial charge in [0.05, 0.1) is 5.52 Å². The number of benzene rings is 1. The van der Waals surface area contributed by atoms with Crippen LogP contribution < -0.4 is 11.5 Å². The number of carbonyl (C=O) groups is 1. The number of nitrogens with one attached hydrogen (secondary N) is 1. The minimum Gasteiger partial charge on any atom is -0.459 e. The summed E-state index contributed by atoms with van der Waals surface area (Å²) in [4.78, 5) is 25.4. The Morgan fingerprint density at radius 3 is 2.80 bits per heavy atom. The van der Waals surface area contributed by atoms with E-state index < -0.39 is 23.4 Å². The third-order valence-corrected chi connectivity index (χ3v) is 2.65. The van der Waals surface area contributed by atoms with Crippen LogP contribution in [-0.2, 0) is 16.0 Å². The molecule has 0 aliphatic heterocycles. The molecule has 1 aromatic heterocycles. The molecule has 6 nitrogen and oxygen atoms in total. The van der Waals surface area contributed by atoms with Gasteiger partial charge in [0.25, 0.3) is 0 Å². The van der Waals surface area contributed by atoms with Crippen molar-refractivity contribution in [1.82, 2.24) is 4.98 Å². The molecular formula is C14H18N2O4. The summed E-state index contributed by atoms with van der Waals surface area (Å²) >= 11 is 0. The van der Waals surface area contributed by atoms with E-state index in [9.17, 15) is 9.59 Å². The van der Waals surface area contributed by atoms with Crippen LogP contribution in [0.4, 0.5) is 0 Å². The number of ether oxygens (including phenoxy) is 1. The van der Waals surface area contributed by atoms with Gasteiger partial charge < -0.3 is 14.9 Å². The Bertz CT molecular complexity index is 678. The molecule has 3 N–H and O–H groups in total. The highest BCUT2D eigenvalue weighted by Crippen LogP contribution is 2.15. The van der Waals surface area contributed by atoms with E-state index in [1.54, 1.807) is 39.0 Å². The first-order valence-electron chi connectivity index (χ1n) is 6.35. The van der Waals surface area contributed by atoms with Gasteiger partial charge in [-0.25, -0.2) is 4.79 Å². The molecular weight excluding hydrogens is 260 g/mol. The van der Waals surface area contributed by atoms with E-state index in [4.69, 9.17) is 14.9 Å². The number of rotatable bonds is 3. The molecule has 1 heterocycles. The van der Waals surface area contributed by atoms with Gasteiger partial charge in [-0.05, 0) is 44.9 Å². The Hall–Kier alpha value is -2.08. The van der Waals surface area contributed by atoms with Gasteiger partial charge in [0, 0.05) is 0 Å². The van der Waals surface area contributed by atoms with Crippen molar-refractivity contribution < 1.29 is 13.9 Å². The van der Waals surface area contributed by atoms with Crippen LogP contribution in [0.5, 0.6) is 0 Å². The highest BCUT2D eigenvalue weighted by Gasteiger charge is 2.22. The van der Waals surface area contributed by atoms with Gasteiger partial charge in [-0.1, -0.05) is 6.07 Å². The average Bonchev–Trinajstić information content (AvgIpc) is 2.66. The molecule has 0 fully saturated rings. The standard InChI is InChI=1S/C14H18N2O4/c1-14(2,3)20-12(17)9(15)6-8-4-5-11-10(7-8)16-13(18)19-11/h4-5,7,9H,6,15H2,1-3H3,(H,16,18)/t9-/m0/s1. The lowest BCUT2D eigenvalue weighted by Gasteiger charge is -2.22. The van der Waals surface area contributed by atoms with Crippen LogP contribution >= 0.6 is 0 Å². The lowest BCUT2D eigenvalue weighted by atomic mass is 10.1. The summed E-state index contributed by atoms with van der Waals surface area (Å²) in [5.74, 6) is -0.952. The lowest BCUT2D eigenvalue weighted by molar-refractivity contribution is -0.156. The van der Waals surface area contributed by atoms with Crippen molar-refractivity contribution in [2.24, 2.45) is 5.73 Å². The van der Waals surface area contributed by atoms with Gasteiger partial charge in [-0.3, -0.25) is 9.78 Å². The van der Waals surface area contributed by atoms with Crippen LogP contribution in [0.1, 0.15) is 26.3 Å². The zero-order valence-corrected chi connectivity index (χ0v) is 11.7. The first-order valence-corrected chi connectivity index (χ1v) is 6.35. The zero-order chi connectivity index (χ0) is 14.9. The predicted octanol–water partition coefficient (Wildman–Crippen LogP) is 1.33. The SMILES string of the molecule is CC(C)(C)OC(=O)[C@@H](N)Cc1ccc2oc(=O)[nH]c2c1. The van der Waals surface area contributed by atoms with Crippen LogP contribution in [-0.4, -0.2) is 22.6 Å². The molecule has 0 amide bonds. The summed E-state index contributed by atoms with van der Waals surface area (Å²) in [5.41, 5.74) is 7.16. The number of nitrogens with two attached hydrogens (primary N) is 1. The molecule has 0 spiro atoms. The van der Waals surface area contributed by atoms with Crippen molar-refractivity contribution in [3.8, 4) is 0 Å². The van der Waals surface area contributed by atoms with Gasteiger partial charge in [0.15, 0.2) is 5.58 Å². The molecule has 0 saturated heterocycles. The fraction of sp³-hybridized carbons (Fsp3) is 0.429. The van der Waals surface area contributed by atoms with Crippen molar-refractivity contribution in [3.05, 3.63) is 34.3 Å². The summed E-state index contributed by atoms with van der Waals surface area (Å²) < 4.78 is 10.1. The first-order chi connectivity index (χ1) is 9.24. The molecule has 0 radical (unpaired) electrons. The Morgan fingerprint density at radius 2 is 2.15 bits per heavy atom. The van der Waals surface area contributed by atoms with Crippen molar-refractivity contribution in [1.29, 1.82) is 0 Å². The number of oxazole rings is 1. The van der Waals surface area contributed by atoms with Crippen molar-refractivity contribution >= 4 is 17.1 Å². The molecule has 0 saturated carbocycles. The smallest absolute Gasteiger partial charge is 0.417 e. The molecule has 2 rings (SSSR count). The van der Waals surface area contributed by atoms with Crippen molar-refractivity contribution in [2.45, 2.75) is 38.8 Å². The number of esters is 1. The second-order valence-electron chi connectivity index (χ2n) is 5.69. The average molecular weight is 278 g/mol. The summed E-state index contributed by atoms with van der Waals surface area (Å²) in [6, 6.07) is 4.43. The molecule has 0 aliphatic carbocycles. The minimum absolute atomic E-state index is 0.331. The van der Waals surface area contributed by atoms with Crippen LogP contribution in [0, 0.1) is 0 Å². The molecule has 0 bridgehead atoms. The maximum absolute atomic E-state index is 11.8. The van der Waals surface area contributed by atoms with E-state index in [0.717, 1.165) is 5.56 Å². The molecule has 108 valence electrons. The molecule has 1 atom stereocenters. The topological polar surface area (TPSA) is 98.3 Å². The number of carbonyl (C=O) groups excluding carboxylic acids is 1. The van der Waals surface area contributed by atoms with Gasteiger partial charge in [-0.2, -0.15) is 0 Å². The van der Waals surface area contributed by atoms with E-state index in [-0.39, 0.29) is 0 Å². The van der Waals surface area contributed by atoms with Gasteiger partial charge in [0.1, 0.15) is 11.6 Å². The highest BCUT2D eigenvalue weighted by molar-refractivity contribution is 5.77. The Kier molecular flexibility index (Phi) is 3.67. The number of fused-ring (bicyclic) bond motifs is 1. The summed E-state index contributed by atoms with van der Waals surface area (Å²) in [6.45, 7) is 5.37. The quantitative estimate of drug-likeness (QED) is 0.825. The van der Waals surface area contributed by atoms with E-state index >= 15 is 0 Å². The third kappa shape index (κ3) is 3.48. The number of aromatic nitrogens is 1. The fourth-order valence-corrected chi connectivity index (χ4v) is 1.84. The first kappa shape index (κ1) is 14.3. The van der Waals surface area contributed by atoms with Crippen molar-refractivity contribution in [3.63, 3.8) is 0 Å². The normalized spacial score (nSPS) is 13.4. The maximum atomic E-state index is 11.8. The molecule has 2 aromatic rings. The highest BCUT2D eigenvalue weighted by atomic mass is 16.6. The zero-order valence-electron chi connectivity index (χ0n) is 11.7. The Morgan fingerprint density at radius 1 is 1.45 bits per heavy atom. The van der Waals surface area contributed by atoms with E-state index in [1.807, 2.05) is 0 Å². The van der Waals surface area contributed by atoms with Gasteiger partial charge >= 0.3 is 11.7 Å². The number of aromatic amines is 1. The van der Waals surface area contributed by atoms with Crippen LogP contribution in [0.25, 0.3) is 11.1 Å². The number of hydrogen-bond acceptors (Lipinski definition) is 5. The van der Waals surface area contributed by atoms with Crippen LogP contribution in [0.15, 0.2) is 27.4 Å². The van der Waals surface area contributed by atoms with E-state index in [0.29, 0.717) is 17.5 Å². The summed E-state index contributed by atoms with van der Waals surface area (Å²) in [5, 5.41) is 0. The molecule has 1 aromatic carbocycles. The largest absolute Gasteiger partial charge is 0.459 e. The number of H-pyrrole nitrogens is 1. The Balaban J connectivity index is 2.11. The monoisotopic (exact) mass is 278 g/mol. The predicted molar refractivity (Wildman–Crippen MR) is 74.4 cm³/mol. The van der Waals surface area contributed by atoms with Gasteiger partial charge in [0.2, 0.25) is 0 Å². The Labute approximate surface area is 115 Å². The fourth-order valence-electron chi connectivity index (χ4n) is 1.84. The molecule has 20 heavy (non-hydrogen) atoms. The van der Waals surface area contributed by atoms with Crippen molar-refractivity contribution in [2.75, 3.05) is 0 Å². The number of hydrogen-bond donors (Lipinski definition) is 2.